The van der Waals surface area contributed by atoms with Gasteiger partial charge < -0.3 is 4.90 Å². The Morgan fingerprint density at radius 3 is 2.53 bits per heavy atom. The average Bonchev–Trinajstić information content (AvgIpc) is 2.67. The smallest absolute Gasteiger partial charge is 0.326 e. The standard InChI is InChI=1S/C9H9BF2N2O/c11-10(12)15-14-7-6-13(8-14)9-4-2-1-3-5-9/h1-7H,8H2. The van der Waals surface area contributed by atoms with Crippen LogP contribution in [-0.4, -0.2) is 19.2 Å². The minimum absolute atomic E-state index is 0.272. The Hall–Kier alpha value is -1.56. The Bertz CT molecular complexity index is 347. The van der Waals surface area contributed by atoms with Gasteiger partial charge in [0.2, 0.25) is 0 Å². The minimum atomic E-state index is -2.79. The molecule has 1 heterocycles. The lowest BCUT2D eigenvalue weighted by Gasteiger charge is -2.19. The van der Waals surface area contributed by atoms with E-state index in [1.54, 1.807) is 6.20 Å². The van der Waals surface area contributed by atoms with Crippen molar-refractivity contribution in [1.82, 2.24) is 5.06 Å². The molecule has 0 amide bonds. The normalized spacial score (nSPS) is 14.8. The SMILES string of the molecule is FB(F)ON1C=CN(c2ccccc2)C1. The van der Waals surface area contributed by atoms with Crippen molar-refractivity contribution in [3.8, 4) is 0 Å². The molecule has 1 aliphatic heterocycles. The zero-order valence-electron chi connectivity index (χ0n) is 7.88. The topological polar surface area (TPSA) is 15.7 Å². The molecule has 2 rings (SSSR count). The summed E-state index contributed by atoms with van der Waals surface area (Å²) in [5.41, 5.74) is 0.939. The number of rotatable bonds is 3. The largest absolute Gasteiger partial charge is 0.744 e. The molecule has 78 valence electrons. The summed E-state index contributed by atoms with van der Waals surface area (Å²) in [6, 6.07) is 9.47. The highest BCUT2D eigenvalue weighted by Crippen LogP contribution is 2.18. The Morgan fingerprint density at radius 1 is 1.13 bits per heavy atom. The first-order valence-corrected chi connectivity index (χ1v) is 4.47. The van der Waals surface area contributed by atoms with E-state index < -0.39 is 7.47 Å². The predicted molar refractivity (Wildman–Crippen MR) is 53.8 cm³/mol. The van der Waals surface area contributed by atoms with Crippen molar-refractivity contribution >= 4 is 13.2 Å². The lowest BCUT2D eigenvalue weighted by molar-refractivity contribution is -0.0237. The van der Waals surface area contributed by atoms with Crippen LogP contribution < -0.4 is 4.90 Å². The van der Waals surface area contributed by atoms with E-state index in [1.165, 1.54) is 6.20 Å². The third kappa shape index (κ3) is 2.47. The van der Waals surface area contributed by atoms with Crippen LogP contribution in [0.5, 0.6) is 0 Å². The van der Waals surface area contributed by atoms with Gasteiger partial charge in [-0.25, -0.2) is 0 Å². The summed E-state index contributed by atoms with van der Waals surface area (Å²) in [5.74, 6) is 0. The highest BCUT2D eigenvalue weighted by molar-refractivity contribution is 6.34. The van der Waals surface area contributed by atoms with Crippen molar-refractivity contribution in [2.45, 2.75) is 0 Å². The van der Waals surface area contributed by atoms with E-state index in [9.17, 15) is 8.63 Å². The molecule has 6 heteroatoms. The minimum Gasteiger partial charge on any atom is -0.326 e. The summed E-state index contributed by atoms with van der Waals surface area (Å²) >= 11 is 0. The van der Waals surface area contributed by atoms with Crippen LogP contribution in [0.3, 0.4) is 0 Å². The molecule has 0 aromatic heterocycles. The second-order valence-electron chi connectivity index (χ2n) is 3.03. The molecule has 0 fully saturated rings. The molecular formula is C9H9BF2N2O. The lowest BCUT2D eigenvalue weighted by atomic mass is 10.3. The first kappa shape index (κ1) is 9.98. The van der Waals surface area contributed by atoms with Crippen molar-refractivity contribution in [3.05, 3.63) is 42.7 Å². The fraction of sp³-hybridized carbons (Fsp3) is 0.111. The van der Waals surface area contributed by atoms with Crippen molar-refractivity contribution < 1.29 is 13.4 Å². The third-order valence-corrected chi connectivity index (χ3v) is 2.01. The van der Waals surface area contributed by atoms with Crippen molar-refractivity contribution in [2.24, 2.45) is 0 Å². The Balaban J connectivity index is 1.97. The monoisotopic (exact) mass is 210 g/mol. The van der Waals surface area contributed by atoms with Gasteiger partial charge in [-0.1, -0.05) is 18.2 Å². The number of anilines is 1. The fourth-order valence-electron chi connectivity index (χ4n) is 1.36. The van der Waals surface area contributed by atoms with E-state index in [1.807, 2.05) is 35.2 Å². The van der Waals surface area contributed by atoms with Crippen LogP contribution in [0.25, 0.3) is 0 Å². The van der Waals surface area contributed by atoms with Crippen LogP contribution >= 0.6 is 0 Å². The fourth-order valence-corrected chi connectivity index (χ4v) is 1.36. The zero-order chi connectivity index (χ0) is 10.7. The molecule has 1 aromatic carbocycles. The quantitative estimate of drug-likeness (QED) is 0.710. The zero-order valence-corrected chi connectivity index (χ0v) is 7.88. The summed E-state index contributed by atoms with van der Waals surface area (Å²) in [7, 11) is -2.79. The summed E-state index contributed by atoms with van der Waals surface area (Å²) < 4.78 is 28.0. The van der Waals surface area contributed by atoms with Gasteiger partial charge in [-0.15, -0.1) is 0 Å². The van der Waals surface area contributed by atoms with Crippen LogP contribution in [-0.2, 0) is 4.76 Å². The summed E-state index contributed by atoms with van der Waals surface area (Å²) in [6.45, 7) is 0.272. The summed E-state index contributed by atoms with van der Waals surface area (Å²) in [4.78, 5) is 1.81. The number of benzene rings is 1. The molecule has 3 nitrogen and oxygen atoms in total. The number of hydrogen-bond acceptors (Lipinski definition) is 3. The summed E-state index contributed by atoms with van der Waals surface area (Å²) in [5, 5.41) is 1.09. The van der Waals surface area contributed by atoms with E-state index in [4.69, 9.17) is 0 Å². The molecule has 0 spiro atoms. The molecular weight excluding hydrogens is 201 g/mol. The second kappa shape index (κ2) is 4.31. The molecule has 0 bridgehead atoms. The number of hydrogen-bond donors (Lipinski definition) is 0. The van der Waals surface area contributed by atoms with E-state index in [2.05, 4.69) is 4.76 Å². The van der Waals surface area contributed by atoms with Crippen molar-refractivity contribution in [2.75, 3.05) is 11.6 Å². The maximum Gasteiger partial charge on any atom is 0.744 e. The third-order valence-electron chi connectivity index (χ3n) is 2.01. The highest BCUT2D eigenvalue weighted by Gasteiger charge is 2.23. The number of nitrogens with zero attached hydrogens (tertiary/aromatic N) is 2. The number of para-hydroxylation sites is 1. The number of halogens is 2. The molecule has 1 aromatic rings. The van der Waals surface area contributed by atoms with E-state index >= 15 is 0 Å². The Morgan fingerprint density at radius 2 is 1.87 bits per heavy atom. The molecule has 0 saturated carbocycles. The molecule has 0 unspecified atom stereocenters. The molecule has 1 aliphatic rings. The van der Waals surface area contributed by atoms with Crippen LogP contribution in [0.2, 0.25) is 0 Å². The molecule has 0 N–H and O–H groups in total. The van der Waals surface area contributed by atoms with E-state index in [-0.39, 0.29) is 6.67 Å². The maximum absolute atomic E-state index is 11.9. The van der Waals surface area contributed by atoms with Crippen LogP contribution in [0.4, 0.5) is 14.3 Å². The molecule has 0 radical (unpaired) electrons. The Kier molecular flexibility index (Phi) is 2.87. The van der Waals surface area contributed by atoms with Gasteiger partial charge >= 0.3 is 7.47 Å². The summed E-state index contributed by atoms with van der Waals surface area (Å²) in [6.07, 6.45) is 3.16. The van der Waals surface area contributed by atoms with Gasteiger partial charge in [0.05, 0.1) is 0 Å². The van der Waals surface area contributed by atoms with Crippen molar-refractivity contribution in [3.63, 3.8) is 0 Å². The molecule has 15 heavy (non-hydrogen) atoms. The van der Waals surface area contributed by atoms with Crippen LogP contribution in [0, 0.1) is 0 Å². The van der Waals surface area contributed by atoms with E-state index in [0.717, 1.165) is 10.8 Å². The molecule has 0 saturated heterocycles. The van der Waals surface area contributed by atoms with Gasteiger partial charge in [0.25, 0.3) is 0 Å². The Labute approximate surface area is 86.7 Å². The lowest BCUT2D eigenvalue weighted by Crippen LogP contribution is -2.28. The van der Waals surface area contributed by atoms with Crippen molar-refractivity contribution in [1.29, 1.82) is 0 Å². The van der Waals surface area contributed by atoms with Gasteiger partial charge in [0.1, 0.15) is 6.67 Å². The highest BCUT2D eigenvalue weighted by atomic mass is 19.2. The predicted octanol–water partition coefficient (Wildman–Crippen LogP) is 2.09. The van der Waals surface area contributed by atoms with Crippen LogP contribution in [0.15, 0.2) is 42.7 Å². The maximum atomic E-state index is 11.9. The number of hydroxylamine groups is 2. The first-order chi connectivity index (χ1) is 7.25. The van der Waals surface area contributed by atoms with Gasteiger partial charge in [-0.2, -0.15) is 0 Å². The molecule has 0 aliphatic carbocycles. The molecule has 0 atom stereocenters. The second-order valence-corrected chi connectivity index (χ2v) is 3.03. The van der Waals surface area contributed by atoms with E-state index in [0.29, 0.717) is 0 Å². The first-order valence-electron chi connectivity index (χ1n) is 4.47. The van der Waals surface area contributed by atoms with Gasteiger partial charge in [0.15, 0.2) is 0 Å². The average molecular weight is 210 g/mol. The van der Waals surface area contributed by atoms with Gasteiger partial charge in [0, 0.05) is 18.1 Å². The van der Waals surface area contributed by atoms with Gasteiger partial charge in [-0.3, -0.25) is 18.4 Å². The van der Waals surface area contributed by atoms with Crippen LogP contribution in [0.1, 0.15) is 0 Å². The van der Waals surface area contributed by atoms with Gasteiger partial charge in [-0.05, 0) is 12.1 Å².